The Balaban J connectivity index is 2.33. The number of halogens is 1. The first-order valence-corrected chi connectivity index (χ1v) is 7.66. The normalized spacial score (nSPS) is 11.0. The summed E-state index contributed by atoms with van der Waals surface area (Å²) in [5, 5.41) is 3.42. The molecule has 0 aliphatic heterocycles. The van der Waals surface area contributed by atoms with Gasteiger partial charge < -0.3 is 14.8 Å². The second kappa shape index (κ2) is 9.34. The molecule has 1 rings (SSSR count). The highest BCUT2D eigenvalue weighted by atomic mass is 79.9. The molecule has 0 spiro atoms. The van der Waals surface area contributed by atoms with Crippen molar-refractivity contribution in [1.82, 2.24) is 5.32 Å². The summed E-state index contributed by atoms with van der Waals surface area (Å²) in [6.07, 6.45) is 1.34. The summed E-state index contributed by atoms with van der Waals surface area (Å²) in [6, 6.07) is 6.11. The standard InChI is InChI=1S/C15H24BrNO2/c1-4-18-15-7-6-14(16)10-13(15)11-17-8-5-9-19-12(2)3/h6-7,10,12,17H,4-5,8-9,11H2,1-3H3. The lowest BCUT2D eigenvalue weighted by Gasteiger charge is -2.12. The van der Waals surface area contributed by atoms with Crippen molar-refractivity contribution < 1.29 is 9.47 Å². The summed E-state index contributed by atoms with van der Waals surface area (Å²) in [5.74, 6) is 0.955. The third-order valence-electron chi connectivity index (χ3n) is 2.59. The lowest BCUT2D eigenvalue weighted by atomic mass is 10.2. The van der Waals surface area contributed by atoms with Crippen molar-refractivity contribution in [2.75, 3.05) is 19.8 Å². The Labute approximate surface area is 124 Å². The van der Waals surface area contributed by atoms with Gasteiger partial charge in [0.15, 0.2) is 0 Å². The van der Waals surface area contributed by atoms with Crippen LogP contribution in [0.4, 0.5) is 0 Å². The molecule has 0 bridgehead atoms. The molecule has 3 nitrogen and oxygen atoms in total. The topological polar surface area (TPSA) is 30.5 Å². The number of rotatable bonds is 9. The van der Waals surface area contributed by atoms with Crippen LogP contribution in [0, 0.1) is 0 Å². The average molecular weight is 330 g/mol. The van der Waals surface area contributed by atoms with Crippen LogP contribution in [0.15, 0.2) is 22.7 Å². The van der Waals surface area contributed by atoms with Gasteiger partial charge in [-0.2, -0.15) is 0 Å². The van der Waals surface area contributed by atoms with E-state index in [1.807, 2.05) is 19.1 Å². The molecule has 0 unspecified atom stereocenters. The fraction of sp³-hybridized carbons (Fsp3) is 0.600. The number of ether oxygens (including phenoxy) is 2. The van der Waals surface area contributed by atoms with Gasteiger partial charge in [-0.05, 0) is 51.9 Å². The number of hydrogen-bond donors (Lipinski definition) is 1. The quantitative estimate of drug-likeness (QED) is 0.700. The Kier molecular flexibility index (Phi) is 8.10. The van der Waals surface area contributed by atoms with E-state index >= 15 is 0 Å². The summed E-state index contributed by atoms with van der Waals surface area (Å²) in [7, 11) is 0. The Hall–Kier alpha value is -0.580. The predicted octanol–water partition coefficient (Wildman–Crippen LogP) is 3.75. The van der Waals surface area contributed by atoms with Gasteiger partial charge in [-0.15, -0.1) is 0 Å². The van der Waals surface area contributed by atoms with Gasteiger partial charge in [0.1, 0.15) is 5.75 Å². The van der Waals surface area contributed by atoms with E-state index in [2.05, 4.69) is 41.2 Å². The molecule has 1 aromatic rings. The Morgan fingerprint density at radius 3 is 2.79 bits per heavy atom. The second-order valence-electron chi connectivity index (χ2n) is 4.63. The SMILES string of the molecule is CCOc1ccc(Br)cc1CNCCCOC(C)C. The first-order valence-electron chi connectivity index (χ1n) is 6.87. The van der Waals surface area contributed by atoms with Gasteiger partial charge in [0.25, 0.3) is 0 Å². The van der Waals surface area contributed by atoms with Crippen molar-refractivity contribution in [2.24, 2.45) is 0 Å². The van der Waals surface area contributed by atoms with Crippen molar-refractivity contribution in [1.29, 1.82) is 0 Å². The highest BCUT2D eigenvalue weighted by Gasteiger charge is 2.04. The molecule has 0 aliphatic carbocycles. The summed E-state index contributed by atoms with van der Waals surface area (Å²) in [4.78, 5) is 0. The predicted molar refractivity (Wildman–Crippen MR) is 82.7 cm³/mol. The molecular formula is C15H24BrNO2. The van der Waals surface area contributed by atoms with E-state index in [9.17, 15) is 0 Å². The summed E-state index contributed by atoms with van der Waals surface area (Å²) >= 11 is 3.49. The number of hydrogen-bond acceptors (Lipinski definition) is 3. The third kappa shape index (κ3) is 6.95. The molecule has 0 radical (unpaired) electrons. The zero-order valence-corrected chi connectivity index (χ0v) is 13.6. The minimum Gasteiger partial charge on any atom is -0.494 e. The van der Waals surface area contributed by atoms with E-state index in [1.165, 1.54) is 5.56 Å². The minimum atomic E-state index is 0.314. The highest BCUT2D eigenvalue weighted by molar-refractivity contribution is 9.10. The van der Waals surface area contributed by atoms with Crippen LogP contribution in [0.5, 0.6) is 5.75 Å². The van der Waals surface area contributed by atoms with E-state index in [1.54, 1.807) is 0 Å². The summed E-state index contributed by atoms with van der Waals surface area (Å²) in [6.45, 7) is 9.38. The maximum atomic E-state index is 5.62. The lowest BCUT2D eigenvalue weighted by molar-refractivity contribution is 0.0770. The van der Waals surface area contributed by atoms with Crippen LogP contribution in [-0.4, -0.2) is 25.9 Å². The monoisotopic (exact) mass is 329 g/mol. The molecule has 19 heavy (non-hydrogen) atoms. The molecule has 0 aliphatic rings. The molecule has 0 heterocycles. The fourth-order valence-electron chi connectivity index (χ4n) is 1.72. The van der Waals surface area contributed by atoms with Gasteiger partial charge in [0, 0.05) is 23.2 Å². The molecule has 0 aromatic heterocycles. The van der Waals surface area contributed by atoms with E-state index in [0.29, 0.717) is 12.7 Å². The van der Waals surface area contributed by atoms with Gasteiger partial charge in [0.05, 0.1) is 12.7 Å². The van der Waals surface area contributed by atoms with Gasteiger partial charge in [-0.25, -0.2) is 0 Å². The molecule has 1 aromatic carbocycles. The zero-order valence-electron chi connectivity index (χ0n) is 12.0. The van der Waals surface area contributed by atoms with Crippen LogP contribution >= 0.6 is 15.9 Å². The Morgan fingerprint density at radius 2 is 2.11 bits per heavy atom. The molecule has 0 amide bonds. The van der Waals surface area contributed by atoms with E-state index < -0.39 is 0 Å². The van der Waals surface area contributed by atoms with Crippen LogP contribution in [0.2, 0.25) is 0 Å². The second-order valence-corrected chi connectivity index (χ2v) is 5.55. The van der Waals surface area contributed by atoms with Crippen molar-refractivity contribution in [3.8, 4) is 5.75 Å². The molecular weight excluding hydrogens is 306 g/mol. The minimum absolute atomic E-state index is 0.314. The van der Waals surface area contributed by atoms with E-state index in [0.717, 1.165) is 36.3 Å². The van der Waals surface area contributed by atoms with Crippen molar-refractivity contribution in [3.05, 3.63) is 28.2 Å². The van der Waals surface area contributed by atoms with Gasteiger partial charge in [-0.3, -0.25) is 0 Å². The van der Waals surface area contributed by atoms with Crippen molar-refractivity contribution >= 4 is 15.9 Å². The Bertz CT molecular complexity index is 369. The molecule has 0 saturated carbocycles. The first kappa shape index (κ1) is 16.5. The molecule has 4 heteroatoms. The van der Waals surface area contributed by atoms with Crippen LogP contribution in [-0.2, 0) is 11.3 Å². The van der Waals surface area contributed by atoms with Crippen LogP contribution in [0.25, 0.3) is 0 Å². The largest absolute Gasteiger partial charge is 0.494 e. The summed E-state index contributed by atoms with van der Waals surface area (Å²) in [5.41, 5.74) is 1.18. The molecule has 0 fully saturated rings. The maximum Gasteiger partial charge on any atom is 0.123 e. The lowest BCUT2D eigenvalue weighted by Crippen LogP contribution is -2.18. The molecule has 0 saturated heterocycles. The third-order valence-corrected chi connectivity index (χ3v) is 3.08. The molecule has 108 valence electrons. The van der Waals surface area contributed by atoms with Crippen molar-refractivity contribution in [3.63, 3.8) is 0 Å². The smallest absolute Gasteiger partial charge is 0.123 e. The molecule has 1 N–H and O–H groups in total. The molecule has 0 atom stereocenters. The van der Waals surface area contributed by atoms with Gasteiger partial charge in [0.2, 0.25) is 0 Å². The van der Waals surface area contributed by atoms with Crippen LogP contribution < -0.4 is 10.1 Å². The Morgan fingerprint density at radius 1 is 1.32 bits per heavy atom. The number of benzene rings is 1. The zero-order chi connectivity index (χ0) is 14.1. The maximum absolute atomic E-state index is 5.62. The van der Waals surface area contributed by atoms with Crippen LogP contribution in [0.3, 0.4) is 0 Å². The highest BCUT2D eigenvalue weighted by Crippen LogP contribution is 2.23. The summed E-state index contributed by atoms with van der Waals surface area (Å²) < 4.78 is 12.2. The van der Waals surface area contributed by atoms with E-state index in [-0.39, 0.29) is 0 Å². The average Bonchev–Trinajstić information content (AvgIpc) is 2.36. The van der Waals surface area contributed by atoms with Gasteiger partial charge in [-0.1, -0.05) is 15.9 Å². The van der Waals surface area contributed by atoms with Gasteiger partial charge >= 0.3 is 0 Å². The van der Waals surface area contributed by atoms with E-state index in [4.69, 9.17) is 9.47 Å². The first-order chi connectivity index (χ1) is 9.13. The van der Waals surface area contributed by atoms with Crippen LogP contribution in [0.1, 0.15) is 32.8 Å². The fourth-order valence-corrected chi connectivity index (χ4v) is 2.13. The van der Waals surface area contributed by atoms with Crippen molar-refractivity contribution in [2.45, 2.75) is 39.8 Å². The number of nitrogens with one attached hydrogen (secondary N) is 1.